The molecule has 7 heteroatoms. The summed E-state index contributed by atoms with van der Waals surface area (Å²) in [5.74, 6) is 1.19. The molecule has 0 aliphatic heterocycles. The Balaban J connectivity index is 1.72. The minimum atomic E-state index is 0.0858. The molecule has 0 spiro atoms. The lowest BCUT2D eigenvalue weighted by Crippen LogP contribution is -2.12. The maximum Gasteiger partial charge on any atom is 0.206 e. The molecule has 146 valence electrons. The van der Waals surface area contributed by atoms with Crippen molar-refractivity contribution in [3.8, 4) is 23.0 Å². The van der Waals surface area contributed by atoms with Crippen LogP contribution in [0.5, 0.6) is 11.5 Å². The molecule has 0 aliphatic carbocycles. The lowest BCUT2D eigenvalue weighted by molar-refractivity contribution is 0.373. The molecule has 0 unspecified atom stereocenters. The predicted octanol–water partition coefficient (Wildman–Crippen LogP) is 4.51. The van der Waals surface area contributed by atoms with Crippen molar-refractivity contribution >= 4 is 17.6 Å². The monoisotopic (exact) mass is 405 g/mol. The fourth-order valence-corrected chi connectivity index (χ4v) is 3.57. The van der Waals surface area contributed by atoms with Crippen LogP contribution in [0.3, 0.4) is 0 Å². The topological polar surface area (TPSA) is 72.2 Å². The molecule has 6 nitrogen and oxygen atoms in total. The molecule has 0 amide bonds. The molecule has 0 radical (unpaired) electrons. The number of phenols is 1. The van der Waals surface area contributed by atoms with Crippen LogP contribution in [0.1, 0.15) is 11.1 Å². The third-order valence-electron chi connectivity index (χ3n) is 4.22. The largest absolute Gasteiger partial charge is 0.504 e. The maximum atomic E-state index is 9.78. The zero-order valence-corrected chi connectivity index (χ0v) is 16.5. The molecule has 2 heterocycles. The Morgan fingerprint density at radius 1 is 1.14 bits per heavy atom. The second-order valence-electron chi connectivity index (χ2n) is 6.17. The smallest absolute Gasteiger partial charge is 0.206 e. The number of thiazole rings is 1. The number of rotatable bonds is 6. The minimum Gasteiger partial charge on any atom is -0.504 e. The highest BCUT2D eigenvalue weighted by Crippen LogP contribution is 2.26. The molecule has 2 aromatic carbocycles. The Bertz CT molecular complexity index is 1180. The quantitative estimate of drug-likeness (QED) is 0.480. The van der Waals surface area contributed by atoms with E-state index in [0.29, 0.717) is 18.1 Å². The van der Waals surface area contributed by atoms with Gasteiger partial charge in [-0.3, -0.25) is 4.99 Å². The number of hydrogen-bond donors (Lipinski definition) is 1. The van der Waals surface area contributed by atoms with Crippen LogP contribution >= 0.6 is 11.3 Å². The number of nitrogens with zero attached hydrogens (tertiary/aromatic N) is 3. The van der Waals surface area contributed by atoms with Crippen molar-refractivity contribution in [3.05, 3.63) is 88.2 Å². The van der Waals surface area contributed by atoms with Crippen molar-refractivity contribution in [3.63, 3.8) is 0 Å². The second-order valence-corrected chi connectivity index (χ2v) is 7.01. The minimum absolute atomic E-state index is 0.0858. The summed E-state index contributed by atoms with van der Waals surface area (Å²) in [4.78, 5) is 5.48. The highest BCUT2D eigenvalue weighted by atomic mass is 32.1. The van der Waals surface area contributed by atoms with Gasteiger partial charge < -0.3 is 14.3 Å². The van der Waals surface area contributed by atoms with E-state index < -0.39 is 0 Å². The normalized spacial score (nSPS) is 12.0. The van der Waals surface area contributed by atoms with E-state index in [2.05, 4.69) is 5.10 Å². The Hall–Kier alpha value is -3.58. The van der Waals surface area contributed by atoms with Gasteiger partial charge >= 0.3 is 0 Å². The van der Waals surface area contributed by atoms with E-state index in [9.17, 15) is 5.11 Å². The van der Waals surface area contributed by atoms with Gasteiger partial charge in [0.05, 0.1) is 26.1 Å². The first-order valence-corrected chi connectivity index (χ1v) is 9.83. The number of benzene rings is 2. The second kappa shape index (κ2) is 8.62. The lowest BCUT2D eigenvalue weighted by atomic mass is 10.2. The summed E-state index contributed by atoms with van der Waals surface area (Å²) in [7, 11) is 1.51. The molecule has 0 saturated carbocycles. The molecule has 0 saturated heterocycles. The molecule has 0 fully saturated rings. The summed E-state index contributed by atoms with van der Waals surface area (Å²) in [5.41, 5.74) is 2.73. The van der Waals surface area contributed by atoms with Crippen molar-refractivity contribution in [2.45, 2.75) is 6.54 Å². The third kappa shape index (κ3) is 4.30. The predicted molar refractivity (Wildman–Crippen MR) is 113 cm³/mol. The SMILES string of the molecule is COc1cc(C=Nn2c(-c3ccco3)csc2=NCc2ccccc2)ccc1O. The average Bonchev–Trinajstić information content (AvgIpc) is 3.42. The van der Waals surface area contributed by atoms with Crippen LogP contribution in [0.15, 0.2) is 86.8 Å². The van der Waals surface area contributed by atoms with Crippen LogP contribution in [0.2, 0.25) is 0 Å². The van der Waals surface area contributed by atoms with Gasteiger partial charge in [-0.25, -0.2) is 4.68 Å². The number of phenolic OH excluding ortho intramolecular Hbond substituents is 1. The first-order valence-electron chi connectivity index (χ1n) is 8.95. The summed E-state index contributed by atoms with van der Waals surface area (Å²) in [6.45, 7) is 0.557. The molecule has 0 bridgehead atoms. The Labute approximate surface area is 171 Å². The van der Waals surface area contributed by atoms with Crippen molar-refractivity contribution in [2.75, 3.05) is 7.11 Å². The van der Waals surface area contributed by atoms with Gasteiger partial charge in [-0.05, 0) is 41.5 Å². The summed E-state index contributed by atoms with van der Waals surface area (Å²) >= 11 is 1.50. The summed E-state index contributed by atoms with van der Waals surface area (Å²) in [5, 5.41) is 16.4. The maximum absolute atomic E-state index is 9.78. The fraction of sp³-hybridized carbons (Fsp3) is 0.0909. The van der Waals surface area contributed by atoms with E-state index in [0.717, 1.165) is 21.6 Å². The zero-order valence-electron chi connectivity index (χ0n) is 15.7. The average molecular weight is 405 g/mol. The molecule has 0 atom stereocenters. The Morgan fingerprint density at radius 2 is 2.00 bits per heavy atom. The van der Waals surface area contributed by atoms with Gasteiger partial charge in [0, 0.05) is 5.38 Å². The third-order valence-corrected chi connectivity index (χ3v) is 5.08. The van der Waals surface area contributed by atoms with Crippen molar-refractivity contribution in [1.82, 2.24) is 4.68 Å². The fourth-order valence-electron chi connectivity index (χ4n) is 2.76. The molecular formula is C22H19N3O3S. The van der Waals surface area contributed by atoms with E-state index in [1.807, 2.05) is 47.8 Å². The lowest BCUT2D eigenvalue weighted by Gasteiger charge is -2.04. The molecule has 1 N–H and O–H groups in total. The van der Waals surface area contributed by atoms with E-state index in [-0.39, 0.29) is 5.75 Å². The van der Waals surface area contributed by atoms with Crippen molar-refractivity contribution in [1.29, 1.82) is 0 Å². The van der Waals surface area contributed by atoms with Crippen molar-refractivity contribution < 1.29 is 14.3 Å². The zero-order chi connectivity index (χ0) is 20.1. The van der Waals surface area contributed by atoms with Gasteiger partial charge in [-0.2, -0.15) is 5.10 Å². The van der Waals surface area contributed by atoms with E-state index in [1.165, 1.54) is 18.4 Å². The van der Waals surface area contributed by atoms with Crippen molar-refractivity contribution in [2.24, 2.45) is 10.1 Å². The summed E-state index contributed by atoms with van der Waals surface area (Å²) < 4.78 is 12.5. The van der Waals surface area contributed by atoms with Crippen LogP contribution in [0.4, 0.5) is 0 Å². The van der Waals surface area contributed by atoms with Gasteiger partial charge in [0.25, 0.3) is 0 Å². The Kier molecular flexibility index (Phi) is 5.58. The number of aromatic nitrogens is 1. The highest BCUT2D eigenvalue weighted by Gasteiger charge is 2.10. The van der Waals surface area contributed by atoms with E-state index >= 15 is 0 Å². The number of aromatic hydroxyl groups is 1. The molecule has 4 rings (SSSR count). The molecule has 2 aromatic heterocycles. The van der Waals surface area contributed by atoms with Gasteiger partial charge in [0.2, 0.25) is 4.80 Å². The molecule has 29 heavy (non-hydrogen) atoms. The van der Waals surface area contributed by atoms with Gasteiger partial charge in [0.15, 0.2) is 17.3 Å². The number of ether oxygens (including phenoxy) is 1. The first-order chi connectivity index (χ1) is 14.2. The summed E-state index contributed by atoms with van der Waals surface area (Å²) in [6.07, 6.45) is 3.33. The van der Waals surface area contributed by atoms with E-state index in [1.54, 1.807) is 35.4 Å². The van der Waals surface area contributed by atoms with Crippen LogP contribution in [-0.4, -0.2) is 23.1 Å². The highest BCUT2D eigenvalue weighted by molar-refractivity contribution is 7.07. The first kappa shape index (κ1) is 18.8. The van der Waals surface area contributed by atoms with Gasteiger partial charge in [-0.15, -0.1) is 11.3 Å². The summed E-state index contributed by atoms with van der Waals surface area (Å²) in [6, 6.07) is 18.9. The molecule has 4 aromatic rings. The molecular weight excluding hydrogens is 386 g/mol. The molecule has 0 aliphatic rings. The number of hydrogen-bond acceptors (Lipinski definition) is 6. The van der Waals surface area contributed by atoms with Crippen LogP contribution in [-0.2, 0) is 6.54 Å². The van der Waals surface area contributed by atoms with Gasteiger partial charge in [0.1, 0.15) is 5.69 Å². The number of furan rings is 1. The standard InChI is InChI=1S/C22H19N3O3S/c1-27-21-12-17(9-10-19(21)26)14-24-25-18(20-8-5-11-28-20)15-29-22(25)23-13-16-6-3-2-4-7-16/h2-12,14-15,26H,13H2,1H3. The van der Waals surface area contributed by atoms with Gasteiger partial charge in [-0.1, -0.05) is 30.3 Å². The van der Waals surface area contributed by atoms with Crippen LogP contribution < -0.4 is 9.54 Å². The van der Waals surface area contributed by atoms with Crippen LogP contribution in [0, 0.1) is 0 Å². The van der Waals surface area contributed by atoms with E-state index in [4.69, 9.17) is 14.1 Å². The van der Waals surface area contributed by atoms with Crippen LogP contribution in [0.25, 0.3) is 11.5 Å². The Morgan fingerprint density at radius 3 is 2.76 bits per heavy atom. The number of methoxy groups -OCH3 is 1.